The highest BCUT2D eigenvalue weighted by atomic mass is 35.5. The average molecular weight is 400 g/mol. The standard InChI is InChI=1S/C19H26ClNO4S/c1-14(22)19(17-8-12-25-13-9-17)26(23,24)21-10-6-16(7-11-21)15-2-4-18(20)5-3-15/h2-5,16-17,19H,6-13H2,1H3. The minimum atomic E-state index is -3.63. The topological polar surface area (TPSA) is 63.7 Å². The summed E-state index contributed by atoms with van der Waals surface area (Å²) in [6.45, 7) is 3.38. The van der Waals surface area contributed by atoms with Crippen LogP contribution in [-0.4, -0.2) is 50.1 Å². The zero-order chi connectivity index (χ0) is 18.7. The third kappa shape index (κ3) is 4.30. The largest absolute Gasteiger partial charge is 0.381 e. The quantitative estimate of drug-likeness (QED) is 0.762. The van der Waals surface area contributed by atoms with Crippen molar-refractivity contribution in [3.8, 4) is 0 Å². The Balaban J connectivity index is 1.69. The van der Waals surface area contributed by atoms with E-state index in [0.717, 1.165) is 12.8 Å². The van der Waals surface area contributed by atoms with Crippen LogP contribution in [0.4, 0.5) is 0 Å². The van der Waals surface area contributed by atoms with Crippen LogP contribution in [-0.2, 0) is 19.6 Å². The van der Waals surface area contributed by atoms with Crippen LogP contribution in [0.1, 0.15) is 44.1 Å². The smallest absolute Gasteiger partial charge is 0.224 e. The van der Waals surface area contributed by atoms with Gasteiger partial charge in [-0.2, -0.15) is 0 Å². The molecule has 2 aliphatic heterocycles. The Hall–Kier alpha value is -0.950. The van der Waals surface area contributed by atoms with Gasteiger partial charge in [-0.3, -0.25) is 4.79 Å². The summed E-state index contributed by atoms with van der Waals surface area (Å²) in [5, 5.41) is -0.229. The normalized spacial score (nSPS) is 22.2. The highest BCUT2D eigenvalue weighted by molar-refractivity contribution is 7.90. The summed E-state index contributed by atoms with van der Waals surface area (Å²) in [5.74, 6) is -0.0606. The van der Waals surface area contributed by atoms with Crippen LogP contribution in [0, 0.1) is 5.92 Å². The molecule has 144 valence electrons. The highest BCUT2D eigenvalue weighted by Gasteiger charge is 2.42. The van der Waals surface area contributed by atoms with Gasteiger partial charge in [0.15, 0.2) is 0 Å². The van der Waals surface area contributed by atoms with E-state index in [0.29, 0.717) is 50.1 Å². The summed E-state index contributed by atoms with van der Waals surface area (Å²) in [7, 11) is -3.63. The molecule has 2 aliphatic rings. The molecule has 1 unspecified atom stereocenters. The van der Waals surface area contributed by atoms with Gasteiger partial charge in [0.05, 0.1) is 0 Å². The monoisotopic (exact) mass is 399 g/mol. The average Bonchev–Trinajstić information content (AvgIpc) is 2.63. The molecule has 5 nitrogen and oxygen atoms in total. The number of rotatable bonds is 5. The van der Waals surface area contributed by atoms with E-state index in [1.54, 1.807) is 0 Å². The summed E-state index contributed by atoms with van der Waals surface area (Å²) in [4.78, 5) is 12.2. The van der Waals surface area contributed by atoms with Crippen molar-refractivity contribution in [2.75, 3.05) is 26.3 Å². The van der Waals surface area contributed by atoms with Gasteiger partial charge >= 0.3 is 0 Å². The van der Waals surface area contributed by atoms with E-state index in [-0.39, 0.29) is 11.7 Å². The van der Waals surface area contributed by atoms with Gasteiger partial charge in [-0.1, -0.05) is 23.7 Å². The second-order valence-electron chi connectivity index (χ2n) is 7.25. The van der Waals surface area contributed by atoms with Crippen LogP contribution in [0.2, 0.25) is 5.02 Å². The molecule has 3 rings (SSSR count). The number of ketones is 1. The van der Waals surface area contributed by atoms with Gasteiger partial charge in [-0.25, -0.2) is 12.7 Å². The predicted octanol–water partition coefficient (Wildman–Crippen LogP) is 3.23. The summed E-state index contributed by atoms with van der Waals surface area (Å²) >= 11 is 5.94. The Morgan fingerprint density at radius 1 is 1.12 bits per heavy atom. The first-order chi connectivity index (χ1) is 12.4. The van der Waals surface area contributed by atoms with E-state index < -0.39 is 15.3 Å². The number of hydrogen-bond donors (Lipinski definition) is 0. The number of hydrogen-bond acceptors (Lipinski definition) is 4. The molecule has 0 amide bonds. The predicted molar refractivity (Wildman–Crippen MR) is 102 cm³/mol. The number of Topliss-reactive ketones (excluding diaryl/α,β-unsaturated/α-hetero) is 1. The molecule has 1 atom stereocenters. The fraction of sp³-hybridized carbons (Fsp3) is 0.632. The van der Waals surface area contributed by atoms with Crippen LogP contribution in [0.25, 0.3) is 0 Å². The zero-order valence-corrected chi connectivity index (χ0v) is 16.6. The van der Waals surface area contributed by atoms with Gasteiger partial charge in [0.1, 0.15) is 11.0 Å². The molecule has 0 N–H and O–H groups in total. The lowest BCUT2D eigenvalue weighted by Gasteiger charge is -2.36. The Kier molecular flexibility index (Phi) is 6.38. The molecule has 7 heteroatoms. The Labute approximate surface area is 160 Å². The Morgan fingerprint density at radius 3 is 2.23 bits per heavy atom. The highest BCUT2D eigenvalue weighted by Crippen LogP contribution is 2.33. The van der Waals surface area contributed by atoms with Gasteiger partial charge in [0.2, 0.25) is 10.0 Å². The van der Waals surface area contributed by atoms with Crippen molar-refractivity contribution in [1.29, 1.82) is 0 Å². The van der Waals surface area contributed by atoms with E-state index in [1.807, 2.05) is 24.3 Å². The van der Waals surface area contributed by atoms with Crippen molar-refractivity contribution in [2.24, 2.45) is 5.92 Å². The molecule has 0 spiro atoms. The maximum atomic E-state index is 13.2. The van der Waals surface area contributed by atoms with E-state index >= 15 is 0 Å². The zero-order valence-electron chi connectivity index (χ0n) is 15.1. The number of carbonyl (C=O) groups is 1. The number of benzene rings is 1. The molecule has 2 fully saturated rings. The minimum Gasteiger partial charge on any atom is -0.381 e. The van der Waals surface area contributed by atoms with Crippen LogP contribution < -0.4 is 0 Å². The molecule has 1 aromatic carbocycles. The Morgan fingerprint density at radius 2 is 1.69 bits per heavy atom. The summed E-state index contributed by atoms with van der Waals surface area (Å²) in [6.07, 6.45) is 2.79. The van der Waals surface area contributed by atoms with Crippen molar-refractivity contribution in [2.45, 2.75) is 43.8 Å². The summed E-state index contributed by atoms with van der Waals surface area (Å²) < 4.78 is 33.2. The molecule has 2 saturated heterocycles. The maximum absolute atomic E-state index is 13.2. The van der Waals surface area contributed by atoms with Crippen molar-refractivity contribution in [3.05, 3.63) is 34.9 Å². The van der Waals surface area contributed by atoms with Gasteiger partial charge in [-0.15, -0.1) is 0 Å². The van der Waals surface area contributed by atoms with Gasteiger partial charge < -0.3 is 4.74 Å². The van der Waals surface area contributed by atoms with E-state index in [2.05, 4.69) is 0 Å². The van der Waals surface area contributed by atoms with Crippen molar-refractivity contribution < 1.29 is 17.9 Å². The first kappa shape index (κ1) is 19.8. The van der Waals surface area contributed by atoms with E-state index in [1.165, 1.54) is 16.8 Å². The third-order valence-corrected chi connectivity index (χ3v) is 8.27. The molecule has 0 aliphatic carbocycles. The van der Waals surface area contributed by atoms with Crippen LogP contribution >= 0.6 is 11.6 Å². The second kappa shape index (κ2) is 8.38. The Bertz CT molecular complexity index is 720. The molecule has 0 bridgehead atoms. The molecule has 26 heavy (non-hydrogen) atoms. The fourth-order valence-corrected chi connectivity index (χ4v) is 6.49. The van der Waals surface area contributed by atoms with Crippen LogP contribution in [0.3, 0.4) is 0 Å². The van der Waals surface area contributed by atoms with Crippen molar-refractivity contribution >= 4 is 27.4 Å². The molecule has 2 heterocycles. The van der Waals surface area contributed by atoms with E-state index in [9.17, 15) is 13.2 Å². The number of nitrogens with zero attached hydrogens (tertiary/aromatic N) is 1. The maximum Gasteiger partial charge on any atom is 0.224 e. The first-order valence-electron chi connectivity index (χ1n) is 9.22. The SMILES string of the molecule is CC(=O)C(C1CCOCC1)S(=O)(=O)N1CCC(c2ccc(Cl)cc2)CC1. The minimum absolute atomic E-state index is 0.139. The lowest BCUT2D eigenvalue weighted by molar-refractivity contribution is -0.118. The molecule has 1 aromatic rings. The molecular weight excluding hydrogens is 374 g/mol. The van der Waals surface area contributed by atoms with Gasteiger partial charge in [0.25, 0.3) is 0 Å². The second-order valence-corrected chi connectivity index (χ2v) is 9.74. The van der Waals surface area contributed by atoms with Crippen LogP contribution in [0.5, 0.6) is 0 Å². The number of carbonyl (C=O) groups excluding carboxylic acids is 1. The number of sulfonamides is 1. The molecule has 0 radical (unpaired) electrons. The third-order valence-electron chi connectivity index (χ3n) is 5.57. The van der Waals surface area contributed by atoms with Gasteiger partial charge in [-0.05, 0) is 62.1 Å². The number of ether oxygens (including phenoxy) is 1. The summed E-state index contributed by atoms with van der Waals surface area (Å²) in [5.41, 5.74) is 1.19. The van der Waals surface area contributed by atoms with Crippen LogP contribution in [0.15, 0.2) is 24.3 Å². The van der Waals surface area contributed by atoms with E-state index in [4.69, 9.17) is 16.3 Å². The lowest BCUT2D eigenvalue weighted by Crippen LogP contribution is -2.49. The molecule has 0 saturated carbocycles. The fourth-order valence-electron chi connectivity index (χ4n) is 4.14. The first-order valence-corrected chi connectivity index (χ1v) is 11.1. The number of halogens is 1. The summed E-state index contributed by atoms with van der Waals surface area (Å²) in [6, 6.07) is 7.77. The molecule has 0 aromatic heterocycles. The molecular formula is C19H26ClNO4S. The lowest BCUT2D eigenvalue weighted by atomic mass is 9.90. The van der Waals surface area contributed by atoms with Crippen molar-refractivity contribution in [3.63, 3.8) is 0 Å². The number of piperidine rings is 1. The van der Waals surface area contributed by atoms with Gasteiger partial charge in [0, 0.05) is 31.3 Å². The van der Waals surface area contributed by atoms with Crippen molar-refractivity contribution in [1.82, 2.24) is 4.31 Å².